The molecule has 1 atom stereocenters. The maximum atomic E-state index is 5.50. The molecule has 1 unspecified atom stereocenters. The highest BCUT2D eigenvalue weighted by atomic mass is 16.5. The lowest BCUT2D eigenvalue weighted by Crippen LogP contribution is -2.29. The summed E-state index contributed by atoms with van der Waals surface area (Å²) >= 11 is 0. The lowest BCUT2D eigenvalue weighted by Gasteiger charge is -2.14. The van der Waals surface area contributed by atoms with Crippen LogP contribution in [0, 0.1) is 5.92 Å². The van der Waals surface area contributed by atoms with Gasteiger partial charge in [-0.15, -0.1) is 6.58 Å². The highest BCUT2D eigenvalue weighted by molar-refractivity contribution is 4.65. The molecule has 96 valence electrons. The predicted molar refractivity (Wildman–Crippen MR) is 71.8 cm³/mol. The smallest absolute Gasteiger partial charge is 0.0591 e. The third kappa shape index (κ3) is 11.7. The average Bonchev–Trinajstić information content (AvgIpc) is 2.25. The van der Waals surface area contributed by atoms with Gasteiger partial charge in [0.25, 0.3) is 0 Å². The second-order valence-electron chi connectivity index (χ2n) is 4.87. The first-order valence-corrected chi connectivity index (χ1v) is 6.58. The number of unbranched alkanes of at least 4 members (excludes halogenated alkanes) is 1. The van der Waals surface area contributed by atoms with Crippen LogP contribution in [0.3, 0.4) is 0 Å². The number of nitrogens with one attached hydrogen (secondary N) is 1. The van der Waals surface area contributed by atoms with Gasteiger partial charge in [0, 0.05) is 19.2 Å². The average molecular weight is 227 g/mol. The van der Waals surface area contributed by atoms with Crippen molar-refractivity contribution in [2.24, 2.45) is 5.92 Å². The molecular formula is C14H29NO. The molecule has 1 N–H and O–H groups in total. The molecule has 0 spiro atoms. The lowest BCUT2D eigenvalue weighted by molar-refractivity contribution is 0.132. The summed E-state index contributed by atoms with van der Waals surface area (Å²) < 4.78 is 5.50. The minimum Gasteiger partial charge on any atom is -0.380 e. The van der Waals surface area contributed by atoms with Gasteiger partial charge in [-0.05, 0) is 38.5 Å². The van der Waals surface area contributed by atoms with Gasteiger partial charge in [-0.3, -0.25) is 0 Å². The van der Waals surface area contributed by atoms with Crippen LogP contribution >= 0.6 is 0 Å². The Labute approximate surface area is 101 Å². The molecule has 0 bridgehead atoms. The summed E-state index contributed by atoms with van der Waals surface area (Å²) in [6.45, 7) is 13.1. The van der Waals surface area contributed by atoms with E-state index in [1.807, 2.05) is 6.08 Å². The lowest BCUT2D eigenvalue weighted by atomic mass is 10.0. The summed E-state index contributed by atoms with van der Waals surface area (Å²) in [4.78, 5) is 0. The Bertz CT molecular complexity index is 157. The van der Waals surface area contributed by atoms with Crippen molar-refractivity contribution in [3.8, 4) is 0 Å². The zero-order valence-corrected chi connectivity index (χ0v) is 11.3. The summed E-state index contributed by atoms with van der Waals surface area (Å²) in [6, 6.07) is 0.610. The minimum atomic E-state index is 0.610. The zero-order valence-electron chi connectivity index (χ0n) is 11.3. The van der Waals surface area contributed by atoms with Crippen molar-refractivity contribution in [3.63, 3.8) is 0 Å². The van der Waals surface area contributed by atoms with Crippen LogP contribution in [0.15, 0.2) is 12.7 Å². The van der Waals surface area contributed by atoms with Gasteiger partial charge in [-0.2, -0.15) is 0 Å². The summed E-state index contributed by atoms with van der Waals surface area (Å²) in [5.74, 6) is 0.805. The van der Waals surface area contributed by atoms with Crippen LogP contribution in [0.4, 0.5) is 0 Å². The van der Waals surface area contributed by atoms with Gasteiger partial charge in [0.05, 0.1) is 6.61 Å². The first-order valence-electron chi connectivity index (χ1n) is 6.58. The molecule has 0 saturated carbocycles. The molecule has 0 aliphatic heterocycles. The Balaban J connectivity index is 3.14. The molecule has 2 heteroatoms. The highest BCUT2D eigenvalue weighted by Gasteiger charge is 2.02. The maximum Gasteiger partial charge on any atom is 0.0591 e. The van der Waals surface area contributed by atoms with Crippen molar-refractivity contribution in [2.75, 3.05) is 19.8 Å². The van der Waals surface area contributed by atoms with E-state index < -0.39 is 0 Å². The number of hydrogen-bond donors (Lipinski definition) is 1. The largest absolute Gasteiger partial charge is 0.380 e. The van der Waals surface area contributed by atoms with Crippen LogP contribution in [-0.2, 0) is 4.74 Å². The van der Waals surface area contributed by atoms with E-state index in [9.17, 15) is 0 Å². The summed E-state index contributed by atoms with van der Waals surface area (Å²) in [7, 11) is 0. The van der Waals surface area contributed by atoms with Gasteiger partial charge in [0.1, 0.15) is 0 Å². The molecule has 0 heterocycles. The van der Waals surface area contributed by atoms with Crippen molar-refractivity contribution in [2.45, 2.75) is 52.5 Å². The van der Waals surface area contributed by atoms with Crippen LogP contribution in [0.1, 0.15) is 46.5 Å². The van der Waals surface area contributed by atoms with E-state index in [4.69, 9.17) is 4.74 Å². The number of hydrogen-bond acceptors (Lipinski definition) is 2. The van der Waals surface area contributed by atoms with Gasteiger partial charge >= 0.3 is 0 Å². The van der Waals surface area contributed by atoms with E-state index in [-0.39, 0.29) is 0 Å². The quantitative estimate of drug-likeness (QED) is 0.431. The van der Waals surface area contributed by atoms with E-state index in [0.717, 1.165) is 38.5 Å². The Morgan fingerprint density at radius 3 is 2.56 bits per heavy atom. The maximum absolute atomic E-state index is 5.50. The van der Waals surface area contributed by atoms with E-state index >= 15 is 0 Å². The van der Waals surface area contributed by atoms with E-state index in [2.05, 4.69) is 32.7 Å². The van der Waals surface area contributed by atoms with Crippen molar-refractivity contribution in [1.29, 1.82) is 0 Å². The fourth-order valence-electron chi connectivity index (χ4n) is 1.49. The van der Waals surface area contributed by atoms with E-state index in [1.165, 1.54) is 12.8 Å². The fourth-order valence-corrected chi connectivity index (χ4v) is 1.49. The van der Waals surface area contributed by atoms with Crippen LogP contribution in [0.25, 0.3) is 0 Å². The number of allylic oxidation sites excluding steroid dienone is 1. The van der Waals surface area contributed by atoms with Crippen LogP contribution in [0.5, 0.6) is 0 Å². The zero-order chi connectivity index (χ0) is 12.2. The van der Waals surface area contributed by atoms with Crippen LogP contribution in [-0.4, -0.2) is 25.8 Å². The minimum absolute atomic E-state index is 0.610. The standard InChI is InChI=1S/C14H29NO/c1-5-6-7-11-16-12-10-15-14(4)9-8-13(2)3/h5,13-15H,1,6-12H2,2-4H3. The monoisotopic (exact) mass is 227 g/mol. The first-order chi connectivity index (χ1) is 7.66. The summed E-state index contributed by atoms with van der Waals surface area (Å²) in [5.41, 5.74) is 0. The van der Waals surface area contributed by atoms with Gasteiger partial charge in [0.15, 0.2) is 0 Å². The molecule has 16 heavy (non-hydrogen) atoms. The molecule has 0 aromatic heterocycles. The SMILES string of the molecule is C=CCCCOCCNC(C)CCC(C)C. The molecule has 0 aliphatic carbocycles. The molecule has 0 aliphatic rings. The topological polar surface area (TPSA) is 21.3 Å². The number of ether oxygens (including phenoxy) is 1. The molecule has 0 rings (SSSR count). The molecule has 0 fully saturated rings. The Morgan fingerprint density at radius 1 is 1.19 bits per heavy atom. The van der Waals surface area contributed by atoms with Crippen molar-refractivity contribution < 1.29 is 4.74 Å². The normalized spacial score (nSPS) is 13.0. The highest BCUT2D eigenvalue weighted by Crippen LogP contribution is 2.05. The fraction of sp³-hybridized carbons (Fsp3) is 0.857. The summed E-state index contributed by atoms with van der Waals surface area (Å²) in [6.07, 6.45) is 6.64. The Kier molecular flexibility index (Phi) is 10.9. The van der Waals surface area contributed by atoms with Gasteiger partial charge < -0.3 is 10.1 Å². The Hall–Kier alpha value is -0.340. The molecular weight excluding hydrogens is 198 g/mol. The first kappa shape index (κ1) is 15.7. The molecule has 0 radical (unpaired) electrons. The van der Waals surface area contributed by atoms with E-state index in [1.54, 1.807) is 0 Å². The number of rotatable bonds is 11. The molecule has 2 nitrogen and oxygen atoms in total. The third-order valence-corrected chi connectivity index (χ3v) is 2.61. The van der Waals surface area contributed by atoms with Crippen molar-refractivity contribution >= 4 is 0 Å². The molecule has 0 saturated heterocycles. The van der Waals surface area contributed by atoms with Crippen LogP contribution < -0.4 is 5.32 Å². The second kappa shape index (κ2) is 11.2. The van der Waals surface area contributed by atoms with Gasteiger partial charge in [-0.25, -0.2) is 0 Å². The Morgan fingerprint density at radius 2 is 1.94 bits per heavy atom. The molecule has 0 aromatic carbocycles. The van der Waals surface area contributed by atoms with E-state index in [0.29, 0.717) is 6.04 Å². The van der Waals surface area contributed by atoms with Gasteiger partial charge in [-0.1, -0.05) is 19.9 Å². The predicted octanol–water partition coefficient (Wildman–Crippen LogP) is 3.38. The summed E-state index contributed by atoms with van der Waals surface area (Å²) in [5, 5.41) is 3.48. The van der Waals surface area contributed by atoms with Gasteiger partial charge in [0.2, 0.25) is 0 Å². The second-order valence-corrected chi connectivity index (χ2v) is 4.87. The van der Waals surface area contributed by atoms with Crippen molar-refractivity contribution in [1.82, 2.24) is 5.32 Å². The molecule has 0 amide bonds. The molecule has 0 aromatic rings. The van der Waals surface area contributed by atoms with Crippen molar-refractivity contribution in [3.05, 3.63) is 12.7 Å². The third-order valence-electron chi connectivity index (χ3n) is 2.61. The van der Waals surface area contributed by atoms with Crippen LogP contribution in [0.2, 0.25) is 0 Å².